The molecule has 1 saturated heterocycles. The minimum atomic E-state index is -0.0975. The number of amides is 1. The fourth-order valence-electron chi connectivity index (χ4n) is 4.43. The van der Waals surface area contributed by atoms with E-state index in [-0.39, 0.29) is 24.7 Å². The first-order valence-electron chi connectivity index (χ1n) is 10.8. The fraction of sp³-hybridized carbons (Fsp3) is 0.269. The third-order valence-electron chi connectivity index (χ3n) is 5.85. The van der Waals surface area contributed by atoms with E-state index in [9.17, 15) is 4.79 Å². The molecule has 1 fully saturated rings. The number of furan rings is 1. The van der Waals surface area contributed by atoms with Gasteiger partial charge in [-0.2, -0.15) is 0 Å². The van der Waals surface area contributed by atoms with E-state index in [2.05, 4.69) is 22.3 Å². The van der Waals surface area contributed by atoms with Crippen molar-refractivity contribution in [2.24, 2.45) is 0 Å². The van der Waals surface area contributed by atoms with Crippen molar-refractivity contribution < 1.29 is 18.7 Å². The van der Waals surface area contributed by atoms with Crippen molar-refractivity contribution in [3.05, 3.63) is 72.3 Å². The van der Waals surface area contributed by atoms with Crippen molar-refractivity contribution in [3.8, 4) is 5.75 Å². The van der Waals surface area contributed by atoms with Crippen molar-refractivity contribution in [2.45, 2.75) is 19.1 Å². The molecule has 1 aliphatic rings. The second-order valence-electron chi connectivity index (χ2n) is 8.24. The van der Waals surface area contributed by atoms with Crippen LogP contribution in [0.1, 0.15) is 18.6 Å². The summed E-state index contributed by atoms with van der Waals surface area (Å²) in [5, 5.41) is 4.99. The average Bonchev–Trinajstić information content (AvgIpc) is 3.16. The van der Waals surface area contributed by atoms with Gasteiger partial charge in [-0.1, -0.05) is 48.5 Å². The number of morpholine rings is 1. The number of carbonyl (C=O) groups is 1. The van der Waals surface area contributed by atoms with Crippen LogP contribution in [0.2, 0.25) is 0 Å². The van der Waals surface area contributed by atoms with Gasteiger partial charge in [0.2, 0.25) is 5.91 Å². The molecule has 6 heteroatoms. The molecule has 2 heterocycles. The van der Waals surface area contributed by atoms with E-state index >= 15 is 0 Å². The zero-order valence-corrected chi connectivity index (χ0v) is 18.2. The Kier molecular flexibility index (Phi) is 5.55. The number of carbonyl (C=O) groups excluding carboxylic acids is 1. The van der Waals surface area contributed by atoms with E-state index in [0.717, 1.165) is 21.9 Å². The summed E-state index contributed by atoms with van der Waals surface area (Å²) in [7, 11) is 1.60. The second-order valence-corrected chi connectivity index (χ2v) is 8.24. The van der Waals surface area contributed by atoms with E-state index in [1.807, 2.05) is 61.5 Å². The molecule has 32 heavy (non-hydrogen) atoms. The lowest BCUT2D eigenvalue weighted by atomic mass is 10.1. The SMILES string of the molecule is COc1cc2c(cc1NC(=O)CN1CC(C)OC(c3ccccc3)C1)oc1ccccc12. The van der Waals surface area contributed by atoms with Gasteiger partial charge in [0.15, 0.2) is 0 Å². The summed E-state index contributed by atoms with van der Waals surface area (Å²) in [4.78, 5) is 15.1. The number of hydrogen-bond acceptors (Lipinski definition) is 5. The van der Waals surface area contributed by atoms with Crippen LogP contribution in [0.4, 0.5) is 5.69 Å². The first-order valence-corrected chi connectivity index (χ1v) is 10.8. The highest BCUT2D eigenvalue weighted by molar-refractivity contribution is 6.07. The molecule has 6 nitrogen and oxygen atoms in total. The van der Waals surface area contributed by atoms with Gasteiger partial charge in [0.25, 0.3) is 0 Å². The maximum Gasteiger partial charge on any atom is 0.238 e. The fourth-order valence-corrected chi connectivity index (χ4v) is 4.43. The van der Waals surface area contributed by atoms with Crippen molar-refractivity contribution >= 4 is 33.5 Å². The third-order valence-corrected chi connectivity index (χ3v) is 5.85. The average molecular weight is 431 g/mol. The van der Waals surface area contributed by atoms with Crippen molar-refractivity contribution in [3.63, 3.8) is 0 Å². The summed E-state index contributed by atoms with van der Waals surface area (Å²) in [5.74, 6) is 0.509. The van der Waals surface area contributed by atoms with Gasteiger partial charge in [-0.05, 0) is 24.6 Å². The van der Waals surface area contributed by atoms with Gasteiger partial charge in [-0.15, -0.1) is 0 Å². The lowest BCUT2D eigenvalue weighted by Crippen LogP contribution is -2.46. The van der Waals surface area contributed by atoms with Crippen LogP contribution in [-0.4, -0.2) is 43.7 Å². The maximum absolute atomic E-state index is 12.9. The van der Waals surface area contributed by atoms with E-state index in [4.69, 9.17) is 13.9 Å². The van der Waals surface area contributed by atoms with Gasteiger partial charge in [0.1, 0.15) is 16.9 Å². The largest absolute Gasteiger partial charge is 0.495 e. The Labute approximate surface area is 186 Å². The van der Waals surface area contributed by atoms with Crippen LogP contribution in [0, 0.1) is 0 Å². The molecule has 5 rings (SSSR count). The quantitative estimate of drug-likeness (QED) is 0.483. The standard InChI is InChI=1S/C26H26N2O4/c1-17-14-28(15-25(31-17)18-8-4-3-5-9-18)16-26(29)27-21-13-23-20(12-24(21)30-2)19-10-6-7-11-22(19)32-23/h3-13,17,25H,14-16H2,1-2H3,(H,27,29). The van der Waals surface area contributed by atoms with Crippen molar-refractivity contribution in [2.75, 3.05) is 32.1 Å². The monoisotopic (exact) mass is 430 g/mol. The number of para-hydroxylation sites is 1. The molecule has 0 saturated carbocycles. The molecule has 164 valence electrons. The Bertz CT molecular complexity index is 1250. The van der Waals surface area contributed by atoms with Crippen LogP contribution in [0.25, 0.3) is 21.9 Å². The Hall–Kier alpha value is -3.35. The third kappa shape index (κ3) is 4.07. The maximum atomic E-state index is 12.9. The minimum absolute atomic E-state index is 0.0446. The molecule has 3 aromatic carbocycles. The molecule has 0 radical (unpaired) electrons. The number of ether oxygens (including phenoxy) is 2. The zero-order chi connectivity index (χ0) is 22.1. The zero-order valence-electron chi connectivity index (χ0n) is 18.2. The molecule has 0 spiro atoms. The molecule has 4 aromatic rings. The molecular weight excluding hydrogens is 404 g/mol. The highest BCUT2D eigenvalue weighted by atomic mass is 16.5. The number of methoxy groups -OCH3 is 1. The van der Waals surface area contributed by atoms with Gasteiger partial charge in [-0.25, -0.2) is 0 Å². The number of benzene rings is 3. The summed E-state index contributed by atoms with van der Waals surface area (Å²) >= 11 is 0. The van der Waals surface area contributed by atoms with Gasteiger partial charge in [0.05, 0.1) is 31.5 Å². The minimum Gasteiger partial charge on any atom is -0.495 e. The van der Waals surface area contributed by atoms with Crippen LogP contribution in [0.5, 0.6) is 5.75 Å². The predicted molar refractivity (Wildman–Crippen MR) is 125 cm³/mol. The van der Waals surface area contributed by atoms with Gasteiger partial charge in [-0.3, -0.25) is 9.69 Å². The van der Waals surface area contributed by atoms with Crippen LogP contribution in [0.15, 0.2) is 71.1 Å². The van der Waals surface area contributed by atoms with Gasteiger partial charge >= 0.3 is 0 Å². The van der Waals surface area contributed by atoms with Gasteiger partial charge < -0.3 is 19.2 Å². The Morgan fingerprint density at radius 1 is 1.03 bits per heavy atom. The summed E-state index contributed by atoms with van der Waals surface area (Å²) in [6.07, 6.45) is -0.00243. The molecule has 0 aliphatic carbocycles. The number of fused-ring (bicyclic) bond motifs is 3. The van der Waals surface area contributed by atoms with E-state index in [0.29, 0.717) is 30.1 Å². The predicted octanol–water partition coefficient (Wildman–Crippen LogP) is 5.00. The number of nitrogens with one attached hydrogen (secondary N) is 1. The smallest absolute Gasteiger partial charge is 0.238 e. The van der Waals surface area contributed by atoms with Gasteiger partial charge in [0, 0.05) is 29.9 Å². The van der Waals surface area contributed by atoms with Crippen molar-refractivity contribution in [1.82, 2.24) is 4.90 Å². The summed E-state index contributed by atoms with van der Waals surface area (Å²) in [6.45, 7) is 3.69. The summed E-state index contributed by atoms with van der Waals surface area (Å²) < 4.78 is 17.6. The lowest BCUT2D eigenvalue weighted by molar-refractivity contribution is -0.122. The second kappa shape index (κ2) is 8.65. The summed E-state index contributed by atoms with van der Waals surface area (Å²) in [6, 6.07) is 21.8. The molecular formula is C26H26N2O4. The Morgan fingerprint density at radius 2 is 1.81 bits per heavy atom. The number of anilines is 1. The number of nitrogens with zero attached hydrogens (tertiary/aromatic N) is 1. The Morgan fingerprint density at radius 3 is 2.62 bits per heavy atom. The molecule has 1 amide bonds. The molecule has 1 aromatic heterocycles. The number of hydrogen-bond donors (Lipinski definition) is 1. The first-order chi connectivity index (χ1) is 15.6. The molecule has 2 atom stereocenters. The number of rotatable bonds is 5. The molecule has 2 unspecified atom stereocenters. The van der Waals surface area contributed by atoms with E-state index in [1.54, 1.807) is 7.11 Å². The van der Waals surface area contributed by atoms with Crippen LogP contribution in [0.3, 0.4) is 0 Å². The Balaban J connectivity index is 1.33. The highest BCUT2D eigenvalue weighted by Crippen LogP contribution is 2.36. The van der Waals surface area contributed by atoms with E-state index in [1.165, 1.54) is 0 Å². The van der Waals surface area contributed by atoms with Crippen LogP contribution in [-0.2, 0) is 9.53 Å². The topological polar surface area (TPSA) is 63.9 Å². The molecule has 1 N–H and O–H groups in total. The highest BCUT2D eigenvalue weighted by Gasteiger charge is 2.27. The van der Waals surface area contributed by atoms with E-state index < -0.39 is 0 Å². The molecule has 1 aliphatic heterocycles. The van der Waals surface area contributed by atoms with Crippen LogP contribution < -0.4 is 10.1 Å². The normalized spacial score (nSPS) is 19.3. The first kappa shape index (κ1) is 20.5. The molecule has 0 bridgehead atoms. The van der Waals surface area contributed by atoms with Crippen LogP contribution >= 0.6 is 0 Å². The summed E-state index contributed by atoms with van der Waals surface area (Å²) in [5.41, 5.74) is 3.25. The lowest BCUT2D eigenvalue weighted by Gasteiger charge is -2.36. The van der Waals surface area contributed by atoms with Crippen molar-refractivity contribution in [1.29, 1.82) is 0 Å².